The van der Waals surface area contributed by atoms with E-state index >= 15 is 0 Å². The van der Waals surface area contributed by atoms with Crippen LogP contribution < -0.4 is 10.1 Å². The first-order chi connectivity index (χ1) is 9.41. The highest BCUT2D eigenvalue weighted by Gasteiger charge is 2.35. The van der Waals surface area contributed by atoms with Crippen LogP contribution in [0.4, 0.5) is 24.7 Å². The molecule has 1 N–H and O–H groups in total. The van der Waals surface area contributed by atoms with Crippen molar-refractivity contribution in [2.45, 2.75) is 6.18 Å². The van der Waals surface area contributed by atoms with Gasteiger partial charge in [0.05, 0.1) is 19.0 Å². The number of anilines is 2. The van der Waals surface area contributed by atoms with Crippen molar-refractivity contribution in [2.24, 2.45) is 0 Å². The molecular formula is C11H8ClF3N4O. The molecule has 0 amide bonds. The van der Waals surface area contributed by atoms with Crippen molar-refractivity contribution in [1.29, 1.82) is 0 Å². The maximum atomic E-state index is 12.8. The molecule has 2 heterocycles. The van der Waals surface area contributed by atoms with E-state index in [1.165, 1.54) is 25.4 Å². The number of rotatable bonds is 3. The molecule has 0 saturated heterocycles. The molecule has 106 valence electrons. The van der Waals surface area contributed by atoms with Crippen molar-refractivity contribution in [1.82, 2.24) is 15.0 Å². The lowest BCUT2D eigenvalue weighted by atomic mass is 10.3. The standard InChI is InChI=1S/C11H8ClF3N4O/c1-20-10-17-5-6(12)9(19-10)18-7-3-2-4-16-8(7)11(13,14)15/h2-5H,1H3,(H,17,18,19). The summed E-state index contributed by atoms with van der Waals surface area (Å²) in [5.41, 5.74) is -1.32. The van der Waals surface area contributed by atoms with Gasteiger partial charge in [0.25, 0.3) is 0 Å². The third kappa shape index (κ3) is 3.08. The zero-order chi connectivity index (χ0) is 14.8. The number of nitrogens with one attached hydrogen (secondary N) is 1. The van der Waals surface area contributed by atoms with Gasteiger partial charge in [0.2, 0.25) is 0 Å². The van der Waals surface area contributed by atoms with Crippen LogP contribution in [-0.4, -0.2) is 22.1 Å². The van der Waals surface area contributed by atoms with Gasteiger partial charge in [0.1, 0.15) is 5.02 Å². The fourth-order valence-corrected chi connectivity index (χ4v) is 1.53. The number of pyridine rings is 1. The van der Waals surface area contributed by atoms with Crippen LogP contribution in [0.15, 0.2) is 24.5 Å². The quantitative estimate of drug-likeness (QED) is 0.943. The lowest BCUT2D eigenvalue weighted by Gasteiger charge is -2.13. The van der Waals surface area contributed by atoms with Gasteiger partial charge in [0, 0.05) is 6.20 Å². The number of methoxy groups -OCH3 is 1. The molecule has 20 heavy (non-hydrogen) atoms. The van der Waals surface area contributed by atoms with Crippen LogP contribution in [-0.2, 0) is 6.18 Å². The number of alkyl halides is 3. The minimum absolute atomic E-state index is 0.00276. The molecule has 0 saturated carbocycles. The highest BCUT2D eigenvalue weighted by molar-refractivity contribution is 6.32. The monoisotopic (exact) mass is 304 g/mol. The summed E-state index contributed by atoms with van der Waals surface area (Å²) in [6.45, 7) is 0. The molecule has 0 aliphatic heterocycles. The van der Waals surface area contributed by atoms with Crippen LogP contribution in [0.3, 0.4) is 0 Å². The summed E-state index contributed by atoms with van der Waals surface area (Å²) in [5, 5.41) is 2.53. The summed E-state index contributed by atoms with van der Waals surface area (Å²) in [7, 11) is 1.33. The van der Waals surface area contributed by atoms with Gasteiger partial charge in [-0.05, 0) is 12.1 Å². The Bertz CT molecular complexity index is 621. The van der Waals surface area contributed by atoms with E-state index in [4.69, 9.17) is 16.3 Å². The van der Waals surface area contributed by atoms with Crippen LogP contribution in [0.1, 0.15) is 5.69 Å². The van der Waals surface area contributed by atoms with Crippen LogP contribution in [0.2, 0.25) is 5.02 Å². The van der Waals surface area contributed by atoms with Crippen LogP contribution >= 0.6 is 11.6 Å². The highest BCUT2D eigenvalue weighted by atomic mass is 35.5. The van der Waals surface area contributed by atoms with Crippen molar-refractivity contribution < 1.29 is 17.9 Å². The number of hydrogen-bond acceptors (Lipinski definition) is 5. The third-order valence-corrected chi connectivity index (χ3v) is 2.51. The zero-order valence-corrected chi connectivity index (χ0v) is 10.8. The second kappa shape index (κ2) is 5.49. The number of halogens is 4. The molecule has 0 aromatic carbocycles. The second-order valence-electron chi connectivity index (χ2n) is 3.58. The van der Waals surface area contributed by atoms with Crippen molar-refractivity contribution in [3.05, 3.63) is 35.2 Å². The molecular weight excluding hydrogens is 297 g/mol. The molecule has 0 atom stereocenters. The van der Waals surface area contributed by atoms with Gasteiger partial charge < -0.3 is 10.1 Å². The summed E-state index contributed by atoms with van der Waals surface area (Å²) in [5.74, 6) is -0.00276. The normalized spacial score (nSPS) is 11.2. The van der Waals surface area contributed by atoms with E-state index in [9.17, 15) is 13.2 Å². The Morgan fingerprint density at radius 3 is 2.70 bits per heavy atom. The summed E-state index contributed by atoms with van der Waals surface area (Å²) in [6, 6.07) is 2.57. The Labute approximate surface area is 116 Å². The van der Waals surface area contributed by atoms with Gasteiger partial charge in [-0.25, -0.2) is 9.97 Å². The topological polar surface area (TPSA) is 59.9 Å². The SMILES string of the molecule is COc1ncc(Cl)c(Nc2cccnc2C(F)(F)F)n1. The molecule has 0 fully saturated rings. The molecule has 0 unspecified atom stereocenters. The predicted octanol–water partition coefficient (Wildman–Crippen LogP) is 3.30. The fraction of sp³-hybridized carbons (Fsp3) is 0.182. The highest BCUT2D eigenvalue weighted by Crippen LogP contribution is 2.35. The smallest absolute Gasteiger partial charge is 0.435 e. The van der Waals surface area contributed by atoms with Crippen LogP contribution in [0, 0.1) is 0 Å². The molecule has 0 spiro atoms. The van der Waals surface area contributed by atoms with E-state index < -0.39 is 11.9 Å². The number of aromatic nitrogens is 3. The summed E-state index contributed by atoms with van der Waals surface area (Å²) in [6.07, 6.45) is -2.32. The van der Waals surface area contributed by atoms with E-state index in [2.05, 4.69) is 20.3 Å². The lowest BCUT2D eigenvalue weighted by molar-refractivity contribution is -0.140. The van der Waals surface area contributed by atoms with Gasteiger partial charge in [-0.15, -0.1) is 0 Å². The van der Waals surface area contributed by atoms with Crippen molar-refractivity contribution in [2.75, 3.05) is 12.4 Å². The van der Waals surface area contributed by atoms with E-state index in [0.29, 0.717) is 0 Å². The maximum absolute atomic E-state index is 12.8. The second-order valence-corrected chi connectivity index (χ2v) is 3.98. The van der Waals surface area contributed by atoms with E-state index in [0.717, 1.165) is 6.20 Å². The van der Waals surface area contributed by atoms with Gasteiger partial charge >= 0.3 is 12.2 Å². The minimum atomic E-state index is -4.59. The number of hydrogen-bond donors (Lipinski definition) is 1. The molecule has 5 nitrogen and oxygen atoms in total. The Kier molecular flexibility index (Phi) is 3.93. The average Bonchev–Trinajstić information content (AvgIpc) is 2.41. The summed E-state index contributed by atoms with van der Waals surface area (Å²) < 4.78 is 43.2. The van der Waals surface area contributed by atoms with Gasteiger partial charge in [0.15, 0.2) is 11.5 Å². The summed E-state index contributed by atoms with van der Waals surface area (Å²) in [4.78, 5) is 10.9. The van der Waals surface area contributed by atoms with Crippen LogP contribution in [0.5, 0.6) is 6.01 Å². The molecule has 2 aromatic rings. The lowest BCUT2D eigenvalue weighted by Crippen LogP contribution is -2.11. The Hall–Kier alpha value is -2.09. The first-order valence-electron chi connectivity index (χ1n) is 5.27. The van der Waals surface area contributed by atoms with E-state index in [-0.39, 0.29) is 22.5 Å². The first kappa shape index (κ1) is 14.3. The van der Waals surface area contributed by atoms with Gasteiger partial charge in [-0.3, -0.25) is 0 Å². The minimum Gasteiger partial charge on any atom is -0.467 e. The Morgan fingerprint density at radius 1 is 1.30 bits per heavy atom. The van der Waals surface area contributed by atoms with E-state index in [1.54, 1.807) is 0 Å². The van der Waals surface area contributed by atoms with Crippen molar-refractivity contribution >= 4 is 23.1 Å². The molecule has 2 rings (SSSR count). The molecule has 9 heteroatoms. The first-order valence-corrected chi connectivity index (χ1v) is 5.65. The summed E-state index contributed by atoms with van der Waals surface area (Å²) >= 11 is 5.82. The molecule has 0 radical (unpaired) electrons. The number of ether oxygens (including phenoxy) is 1. The largest absolute Gasteiger partial charge is 0.467 e. The van der Waals surface area contributed by atoms with Gasteiger partial charge in [-0.1, -0.05) is 11.6 Å². The zero-order valence-electron chi connectivity index (χ0n) is 10.1. The Morgan fingerprint density at radius 2 is 2.05 bits per heavy atom. The predicted molar refractivity (Wildman–Crippen MR) is 66.1 cm³/mol. The van der Waals surface area contributed by atoms with E-state index in [1.807, 2.05) is 0 Å². The molecule has 0 aliphatic carbocycles. The fourth-order valence-electron chi connectivity index (χ4n) is 1.40. The number of nitrogens with zero attached hydrogens (tertiary/aromatic N) is 3. The molecule has 2 aromatic heterocycles. The third-order valence-electron chi connectivity index (χ3n) is 2.23. The molecule has 0 aliphatic rings. The average molecular weight is 305 g/mol. The van der Waals surface area contributed by atoms with Crippen molar-refractivity contribution in [3.8, 4) is 6.01 Å². The molecule has 0 bridgehead atoms. The van der Waals surface area contributed by atoms with Crippen molar-refractivity contribution in [3.63, 3.8) is 0 Å². The maximum Gasteiger partial charge on any atom is 0.435 e. The van der Waals surface area contributed by atoms with Gasteiger partial charge in [-0.2, -0.15) is 18.2 Å². The Balaban J connectivity index is 2.40. The van der Waals surface area contributed by atoms with Crippen LogP contribution in [0.25, 0.3) is 0 Å².